The number of benzene rings is 1. The van der Waals surface area contributed by atoms with E-state index in [1.165, 1.54) is 18.2 Å². The minimum absolute atomic E-state index is 0.121. The largest absolute Gasteiger partial charge is 0.396 e. The molecular weight excluding hydrogens is 281 g/mol. The molecule has 18 heavy (non-hydrogen) atoms. The molecule has 0 aromatic heterocycles. The first kappa shape index (κ1) is 15.4. The standard InChI is InChI=1S/C11H15ClFNO3S/c1-2-14(7-4-8-15)18(16,17)10-6-3-5-9(12)11(10)13/h3,5-6,15H,2,4,7-8H2,1H3. The molecule has 0 radical (unpaired) electrons. The van der Waals surface area contributed by atoms with Crippen LogP contribution in [0.3, 0.4) is 0 Å². The molecule has 0 spiro atoms. The molecule has 0 atom stereocenters. The summed E-state index contributed by atoms with van der Waals surface area (Å²) in [5.74, 6) is -0.943. The highest BCUT2D eigenvalue weighted by atomic mass is 35.5. The summed E-state index contributed by atoms with van der Waals surface area (Å²) in [6.07, 6.45) is 0.301. The SMILES string of the molecule is CCN(CCCO)S(=O)(=O)c1cccc(Cl)c1F. The van der Waals surface area contributed by atoms with E-state index in [1.807, 2.05) is 0 Å². The van der Waals surface area contributed by atoms with Gasteiger partial charge < -0.3 is 5.11 Å². The summed E-state index contributed by atoms with van der Waals surface area (Å²) in [6, 6.07) is 3.86. The Hall–Kier alpha value is -0.690. The zero-order valence-corrected chi connectivity index (χ0v) is 11.5. The molecule has 102 valence electrons. The van der Waals surface area contributed by atoms with Gasteiger partial charge >= 0.3 is 0 Å². The van der Waals surface area contributed by atoms with E-state index in [0.717, 1.165) is 4.31 Å². The maximum Gasteiger partial charge on any atom is 0.246 e. The van der Waals surface area contributed by atoms with Gasteiger partial charge in [-0.05, 0) is 18.6 Å². The number of hydrogen-bond donors (Lipinski definition) is 1. The maximum absolute atomic E-state index is 13.7. The summed E-state index contributed by atoms with van der Waals surface area (Å²) < 4.78 is 39.2. The first-order valence-electron chi connectivity index (χ1n) is 5.50. The minimum Gasteiger partial charge on any atom is -0.396 e. The second-order valence-electron chi connectivity index (χ2n) is 3.63. The van der Waals surface area contributed by atoms with E-state index in [2.05, 4.69) is 0 Å². The first-order valence-corrected chi connectivity index (χ1v) is 7.32. The topological polar surface area (TPSA) is 57.6 Å². The van der Waals surface area contributed by atoms with Crippen LogP contribution in [0.25, 0.3) is 0 Å². The fourth-order valence-corrected chi connectivity index (χ4v) is 3.32. The van der Waals surface area contributed by atoms with E-state index in [-0.39, 0.29) is 24.7 Å². The van der Waals surface area contributed by atoms with Crippen LogP contribution in [0, 0.1) is 5.82 Å². The molecule has 1 aromatic carbocycles. The molecule has 0 aliphatic rings. The molecule has 1 rings (SSSR count). The highest BCUT2D eigenvalue weighted by molar-refractivity contribution is 7.89. The summed E-state index contributed by atoms with van der Waals surface area (Å²) >= 11 is 5.57. The second kappa shape index (κ2) is 6.47. The van der Waals surface area contributed by atoms with Gasteiger partial charge in [-0.1, -0.05) is 24.6 Å². The van der Waals surface area contributed by atoms with Crippen molar-refractivity contribution in [3.8, 4) is 0 Å². The molecule has 0 bridgehead atoms. The summed E-state index contributed by atoms with van der Waals surface area (Å²) in [5.41, 5.74) is 0. The fraction of sp³-hybridized carbons (Fsp3) is 0.455. The van der Waals surface area contributed by atoms with E-state index >= 15 is 0 Å². The van der Waals surface area contributed by atoms with Gasteiger partial charge in [0.05, 0.1) is 5.02 Å². The average Bonchev–Trinajstić information content (AvgIpc) is 2.33. The normalized spacial score (nSPS) is 12.1. The lowest BCUT2D eigenvalue weighted by Crippen LogP contribution is -2.32. The maximum atomic E-state index is 13.7. The van der Waals surface area contributed by atoms with Gasteiger partial charge in [-0.2, -0.15) is 4.31 Å². The van der Waals surface area contributed by atoms with Crippen LogP contribution in [0.2, 0.25) is 5.02 Å². The van der Waals surface area contributed by atoms with Gasteiger partial charge in [-0.25, -0.2) is 12.8 Å². The number of hydrogen-bond acceptors (Lipinski definition) is 3. The van der Waals surface area contributed by atoms with E-state index in [1.54, 1.807) is 6.92 Å². The Bertz CT molecular complexity index is 507. The van der Waals surface area contributed by atoms with Crippen molar-refractivity contribution in [2.75, 3.05) is 19.7 Å². The number of aliphatic hydroxyl groups is 1. The van der Waals surface area contributed by atoms with Crippen molar-refractivity contribution >= 4 is 21.6 Å². The molecular formula is C11H15ClFNO3S. The van der Waals surface area contributed by atoms with Gasteiger partial charge in [0.2, 0.25) is 10.0 Å². The van der Waals surface area contributed by atoms with Crippen LogP contribution in [0.5, 0.6) is 0 Å². The monoisotopic (exact) mass is 295 g/mol. The van der Waals surface area contributed by atoms with Crippen molar-refractivity contribution < 1.29 is 17.9 Å². The lowest BCUT2D eigenvalue weighted by atomic mass is 10.3. The molecule has 0 fully saturated rings. The van der Waals surface area contributed by atoms with E-state index < -0.39 is 20.7 Å². The Labute approximate surface area is 111 Å². The molecule has 0 aliphatic carbocycles. The molecule has 4 nitrogen and oxygen atoms in total. The van der Waals surface area contributed by atoms with Gasteiger partial charge in [-0.3, -0.25) is 0 Å². The number of halogens is 2. The van der Waals surface area contributed by atoms with Crippen LogP contribution in [-0.4, -0.2) is 37.5 Å². The van der Waals surface area contributed by atoms with Crippen LogP contribution in [-0.2, 0) is 10.0 Å². The van der Waals surface area contributed by atoms with E-state index in [9.17, 15) is 12.8 Å². The minimum atomic E-state index is -3.91. The van der Waals surface area contributed by atoms with Gasteiger partial charge in [0.25, 0.3) is 0 Å². The second-order valence-corrected chi connectivity index (χ2v) is 5.94. The predicted octanol–water partition coefficient (Wildman–Crippen LogP) is 1.87. The third kappa shape index (κ3) is 3.20. The number of rotatable bonds is 6. The Morgan fingerprint density at radius 2 is 2.11 bits per heavy atom. The molecule has 0 saturated heterocycles. The summed E-state index contributed by atoms with van der Waals surface area (Å²) in [4.78, 5) is -0.435. The van der Waals surface area contributed by atoms with E-state index in [0.29, 0.717) is 6.42 Å². The third-order valence-corrected chi connectivity index (χ3v) is 4.74. The Morgan fingerprint density at radius 3 is 2.67 bits per heavy atom. The molecule has 0 unspecified atom stereocenters. The number of aliphatic hydroxyl groups excluding tert-OH is 1. The Morgan fingerprint density at radius 1 is 1.44 bits per heavy atom. The lowest BCUT2D eigenvalue weighted by molar-refractivity contribution is 0.271. The van der Waals surface area contributed by atoms with Crippen molar-refractivity contribution in [1.82, 2.24) is 4.31 Å². The van der Waals surface area contributed by atoms with Crippen LogP contribution in [0.15, 0.2) is 23.1 Å². The van der Waals surface area contributed by atoms with Crippen molar-refractivity contribution in [3.05, 3.63) is 29.0 Å². The van der Waals surface area contributed by atoms with Gasteiger partial charge in [-0.15, -0.1) is 0 Å². The van der Waals surface area contributed by atoms with Crippen molar-refractivity contribution in [3.63, 3.8) is 0 Å². The zero-order chi connectivity index (χ0) is 13.8. The molecule has 1 aromatic rings. The fourth-order valence-electron chi connectivity index (χ4n) is 1.52. The summed E-state index contributed by atoms with van der Waals surface area (Å²) in [7, 11) is -3.91. The molecule has 0 aliphatic heterocycles. The van der Waals surface area contributed by atoms with Gasteiger partial charge in [0.15, 0.2) is 5.82 Å². The third-order valence-electron chi connectivity index (χ3n) is 2.45. The highest BCUT2D eigenvalue weighted by Gasteiger charge is 2.26. The molecule has 7 heteroatoms. The molecule has 1 N–H and O–H groups in total. The van der Waals surface area contributed by atoms with Crippen molar-refractivity contribution in [2.24, 2.45) is 0 Å². The van der Waals surface area contributed by atoms with Crippen LogP contribution in [0.1, 0.15) is 13.3 Å². The molecule has 0 amide bonds. The van der Waals surface area contributed by atoms with Crippen molar-refractivity contribution in [2.45, 2.75) is 18.2 Å². The predicted molar refractivity (Wildman–Crippen MR) is 67.5 cm³/mol. The quantitative estimate of drug-likeness (QED) is 0.872. The highest BCUT2D eigenvalue weighted by Crippen LogP contribution is 2.24. The van der Waals surface area contributed by atoms with Crippen molar-refractivity contribution in [1.29, 1.82) is 0 Å². The van der Waals surface area contributed by atoms with Crippen LogP contribution in [0.4, 0.5) is 4.39 Å². The first-order chi connectivity index (χ1) is 8.45. The Balaban J connectivity index is 3.15. The summed E-state index contributed by atoms with van der Waals surface area (Å²) in [6.45, 7) is 1.87. The smallest absolute Gasteiger partial charge is 0.246 e. The van der Waals surface area contributed by atoms with Crippen LogP contribution >= 0.6 is 11.6 Å². The lowest BCUT2D eigenvalue weighted by Gasteiger charge is -2.20. The van der Waals surface area contributed by atoms with Gasteiger partial charge in [0, 0.05) is 19.7 Å². The van der Waals surface area contributed by atoms with Gasteiger partial charge in [0.1, 0.15) is 4.90 Å². The molecule has 0 heterocycles. The van der Waals surface area contributed by atoms with E-state index in [4.69, 9.17) is 16.7 Å². The summed E-state index contributed by atoms with van der Waals surface area (Å²) in [5, 5.41) is 8.50. The average molecular weight is 296 g/mol. The molecule has 0 saturated carbocycles. The zero-order valence-electron chi connectivity index (χ0n) is 9.94. The number of nitrogens with zero attached hydrogens (tertiary/aromatic N) is 1. The van der Waals surface area contributed by atoms with Crippen LogP contribution < -0.4 is 0 Å². The Kier molecular flexibility index (Phi) is 5.52. The number of sulfonamides is 1.